The van der Waals surface area contributed by atoms with E-state index in [4.69, 9.17) is 16.3 Å². The summed E-state index contributed by atoms with van der Waals surface area (Å²) in [5.41, 5.74) is 1.86. The van der Waals surface area contributed by atoms with Gasteiger partial charge in [0.05, 0.1) is 0 Å². The van der Waals surface area contributed by atoms with Crippen molar-refractivity contribution >= 4 is 11.6 Å². The first kappa shape index (κ1) is 14.4. The normalized spacial score (nSPS) is 9.70. The van der Waals surface area contributed by atoms with Crippen LogP contribution in [0.4, 0.5) is 4.39 Å². The lowest BCUT2D eigenvalue weighted by atomic mass is 10.2. The molecule has 0 aliphatic carbocycles. The predicted molar refractivity (Wildman–Crippen MR) is 79.4 cm³/mol. The molecule has 0 fully saturated rings. The first-order chi connectivity index (χ1) is 9.78. The van der Waals surface area contributed by atoms with Gasteiger partial charge in [0.15, 0.2) is 0 Å². The number of hydrogen-bond donors (Lipinski definition) is 0. The molecule has 0 N–H and O–H groups in total. The molecular formula is C17H14ClFO. The first-order valence-corrected chi connectivity index (χ1v) is 6.83. The van der Waals surface area contributed by atoms with Crippen LogP contribution >= 0.6 is 11.6 Å². The highest BCUT2D eigenvalue weighted by molar-refractivity contribution is 6.18. The summed E-state index contributed by atoms with van der Waals surface area (Å²) in [5.74, 6) is 7.06. The van der Waals surface area contributed by atoms with Gasteiger partial charge in [-0.25, -0.2) is 4.39 Å². The van der Waals surface area contributed by atoms with E-state index < -0.39 is 0 Å². The minimum atomic E-state index is -0.242. The molecule has 102 valence electrons. The molecule has 0 bridgehead atoms. The summed E-state index contributed by atoms with van der Waals surface area (Å²) in [7, 11) is 0. The van der Waals surface area contributed by atoms with Crippen molar-refractivity contribution in [2.24, 2.45) is 0 Å². The maximum Gasteiger partial charge on any atom is 0.123 e. The van der Waals surface area contributed by atoms with Crippen LogP contribution in [0.1, 0.15) is 17.5 Å². The average molecular weight is 289 g/mol. The Hall–Kier alpha value is -1.98. The summed E-state index contributed by atoms with van der Waals surface area (Å²) in [6.07, 6.45) is 0.685. The van der Waals surface area contributed by atoms with Crippen LogP contribution in [0.15, 0.2) is 48.5 Å². The molecule has 20 heavy (non-hydrogen) atoms. The van der Waals surface area contributed by atoms with E-state index >= 15 is 0 Å². The van der Waals surface area contributed by atoms with Crippen molar-refractivity contribution in [3.63, 3.8) is 0 Å². The highest BCUT2D eigenvalue weighted by Crippen LogP contribution is 2.14. The highest BCUT2D eigenvalue weighted by Gasteiger charge is 1.97. The molecule has 0 atom stereocenters. The molecule has 0 saturated heterocycles. The Morgan fingerprint density at radius 2 is 1.70 bits per heavy atom. The van der Waals surface area contributed by atoms with Gasteiger partial charge in [-0.05, 0) is 42.0 Å². The van der Waals surface area contributed by atoms with E-state index in [1.54, 1.807) is 12.1 Å². The van der Waals surface area contributed by atoms with Crippen molar-refractivity contribution < 1.29 is 9.13 Å². The van der Waals surface area contributed by atoms with E-state index in [0.717, 1.165) is 16.9 Å². The zero-order valence-electron chi connectivity index (χ0n) is 10.9. The van der Waals surface area contributed by atoms with Gasteiger partial charge in [-0.2, -0.15) is 0 Å². The lowest BCUT2D eigenvalue weighted by Crippen LogP contribution is -1.95. The topological polar surface area (TPSA) is 9.23 Å². The SMILES string of the molecule is Fc1ccc(COc2ccc(C#CCCCl)cc2)cc1. The molecule has 3 heteroatoms. The van der Waals surface area contributed by atoms with Gasteiger partial charge in [-0.3, -0.25) is 0 Å². The predicted octanol–water partition coefficient (Wildman–Crippen LogP) is 4.39. The van der Waals surface area contributed by atoms with Gasteiger partial charge in [-0.15, -0.1) is 11.6 Å². The lowest BCUT2D eigenvalue weighted by Gasteiger charge is -2.06. The Morgan fingerprint density at radius 3 is 2.35 bits per heavy atom. The van der Waals surface area contributed by atoms with Crippen LogP contribution in [-0.4, -0.2) is 5.88 Å². The van der Waals surface area contributed by atoms with Crippen molar-refractivity contribution in [1.82, 2.24) is 0 Å². The fraction of sp³-hybridized carbons (Fsp3) is 0.176. The third-order valence-electron chi connectivity index (χ3n) is 2.63. The number of ether oxygens (including phenoxy) is 1. The van der Waals surface area contributed by atoms with Gasteiger partial charge in [0.25, 0.3) is 0 Å². The maximum atomic E-state index is 12.8. The minimum absolute atomic E-state index is 0.242. The molecule has 0 saturated carbocycles. The zero-order valence-corrected chi connectivity index (χ0v) is 11.7. The van der Waals surface area contributed by atoms with Gasteiger partial charge >= 0.3 is 0 Å². The van der Waals surface area contributed by atoms with E-state index in [1.165, 1.54) is 12.1 Å². The van der Waals surface area contributed by atoms with Crippen molar-refractivity contribution in [3.8, 4) is 17.6 Å². The quantitative estimate of drug-likeness (QED) is 0.599. The molecule has 0 aromatic heterocycles. The average Bonchev–Trinajstić information content (AvgIpc) is 2.48. The monoisotopic (exact) mass is 288 g/mol. The molecule has 2 rings (SSSR count). The van der Waals surface area contributed by atoms with Gasteiger partial charge in [-0.1, -0.05) is 24.0 Å². The summed E-state index contributed by atoms with van der Waals surface area (Å²) in [6, 6.07) is 13.8. The van der Waals surface area contributed by atoms with Crippen molar-refractivity contribution in [2.75, 3.05) is 5.88 Å². The third kappa shape index (κ3) is 4.60. The second kappa shape index (κ2) is 7.57. The Bertz CT molecular complexity index is 594. The highest BCUT2D eigenvalue weighted by atomic mass is 35.5. The van der Waals surface area contributed by atoms with Gasteiger partial charge < -0.3 is 4.74 Å². The molecule has 0 unspecified atom stereocenters. The molecule has 2 aromatic rings. The zero-order chi connectivity index (χ0) is 14.2. The molecule has 0 spiro atoms. The van der Waals surface area contributed by atoms with E-state index in [0.29, 0.717) is 18.9 Å². The molecule has 0 amide bonds. The Morgan fingerprint density at radius 1 is 1.00 bits per heavy atom. The summed E-state index contributed by atoms with van der Waals surface area (Å²) in [6.45, 7) is 0.414. The van der Waals surface area contributed by atoms with E-state index in [2.05, 4.69) is 11.8 Å². The molecule has 1 nitrogen and oxygen atoms in total. The van der Waals surface area contributed by atoms with Gasteiger partial charge in [0, 0.05) is 17.9 Å². The summed E-state index contributed by atoms with van der Waals surface area (Å²) in [5, 5.41) is 0. The van der Waals surface area contributed by atoms with Crippen LogP contribution in [0.2, 0.25) is 0 Å². The van der Waals surface area contributed by atoms with Crippen LogP contribution in [0, 0.1) is 17.7 Å². The number of halogens is 2. The molecule has 2 aromatic carbocycles. The Kier molecular flexibility index (Phi) is 5.46. The maximum absolute atomic E-state index is 12.8. The standard InChI is InChI=1S/C17H14ClFO/c18-12-2-1-3-14-6-10-17(11-7-14)20-13-15-4-8-16(19)9-5-15/h4-11H,2,12-13H2. The second-order valence-corrected chi connectivity index (χ2v) is 4.56. The molecular weight excluding hydrogens is 275 g/mol. The van der Waals surface area contributed by atoms with Crippen LogP contribution < -0.4 is 4.74 Å². The molecule has 0 aliphatic heterocycles. The van der Waals surface area contributed by atoms with Crippen molar-refractivity contribution in [3.05, 3.63) is 65.5 Å². The van der Waals surface area contributed by atoms with Crippen LogP contribution in [-0.2, 0) is 6.61 Å². The van der Waals surface area contributed by atoms with E-state index in [9.17, 15) is 4.39 Å². The molecule has 0 radical (unpaired) electrons. The molecule has 0 heterocycles. The first-order valence-electron chi connectivity index (χ1n) is 6.30. The van der Waals surface area contributed by atoms with Gasteiger partial charge in [0.1, 0.15) is 18.2 Å². The van der Waals surface area contributed by atoms with Crippen molar-refractivity contribution in [2.45, 2.75) is 13.0 Å². The summed E-state index contributed by atoms with van der Waals surface area (Å²) in [4.78, 5) is 0. The fourth-order valence-electron chi connectivity index (χ4n) is 1.59. The number of hydrogen-bond acceptors (Lipinski definition) is 1. The van der Waals surface area contributed by atoms with Crippen LogP contribution in [0.25, 0.3) is 0 Å². The van der Waals surface area contributed by atoms with Gasteiger partial charge in [0.2, 0.25) is 0 Å². The fourth-order valence-corrected chi connectivity index (χ4v) is 1.69. The number of rotatable bonds is 4. The van der Waals surface area contributed by atoms with E-state index in [-0.39, 0.29) is 5.82 Å². The van der Waals surface area contributed by atoms with E-state index in [1.807, 2.05) is 24.3 Å². The number of benzene rings is 2. The van der Waals surface area contributed by atoms with Crippen LogP contribution in [0.3, 0.4) is 0 Å². The molecule has 0 aliphatic rings. The Balaban J connectivity index is 1.91. The second-order valence-electron chi connectivity index (χ2n) is 4.18. The summed E-state index contributed by atoms with van der Waals surface area (Å²) >= 11 is 5.56. The number of alkyl halides is 1. The lowest BCUT2D eigenvalue weighted by molar-refractivity contribution is 0.306. The summed E-state index contributed by atoms with van der Waals surface area (Å²) < 4.78 is 18.4. The smallest absolute Gasteiger partial charge is 0.123 e. The van der Waals surface area contributed by atoms with Crippen molar-refractivity contribution in [1.29, 1.82) is 0 Å². The largest absolute Gasteiger partial charge is 0.489 e. The minimum Gasteiger partial charge on any atom is -0.489 e. The Labute approximate surface area is 123 Å². The van der Waals surface area contributed by atoms with Crippen LogP contribution in [0.5, 0.6) is 5.75 Å². The third-order valence-corrected chi connectivity index (χ3v) is 2.81.